The predicted molar refractivity (Wildman–Crippen MR) is 314 cm³/mol. The van der Waals surface area contributed by atoms with E-state index in [1.165, 1.54) is 141 Å². The van der Waals surface area contributed by atoms with Gasteiger partial charge in [0.1, 0.15) is 11.5 Å². The van der Waals surface area contributed by atoms with E-state index in [9.17, 15) is 30.0 Å². The molecule has 0 saturated carbocycles. The molecule has 11 heteroatoms. The van der Waals surface area contributed by atoms with Gasteiger partial charge in [0.2, 0.25) is 0 Å². The summed E-state index contributed by atoms with van der Waals surface area (Å²) in [6.07, 6.45) is 42.5. The SMILES string of the molecule is CCCCCCCCCCCCCCCCCCCCCCC=CC(=Nc1ccccc1)C(CCCC)=Nc1ccccc1.CCCCc1cc(O)c([O-])c(C(=O)O)c1C.CCCCc1cc(O)c([O-])c(C(=O)O)c1C.[Ni+2]. The number of unbranched alkanes of at least 4 members (excludes halogenated alkanes) is 23. The van der Waals surface area contributed by atoms with Crippen molar-refractivity contribution in [3.63, 3.8) is 0 Å². The van der Waals surface area contributed by atoms with Crippen LogP contribution in [-0.2, 0) is 29.3 Å². The molecule has 0 aliphatic heterocycles. The first-order valence-corrected chi connectivity index (χ1v) is 29.3. The second-order valence-electron chi connectivity index (χ2n) is 20.3. The number of aliphatic imine (C=N–C) groups is 2. The summed E-state index contributed by atoms with van der Waals surface area (Å²) in [7, 11) is 0. The van der Waals surface area contributed by atoms with Gasteiger partial charge in [-0.2, -0.15) is 0 Å². The number of phenols is 2. The second-order valence-corrected chi connectivity index (χ2v) is 20.3. The number of hydrogen-bond donors (Lipinski definition) is 4. The molecule has 0 aromatic heterocycles. The molecule has 0 fully saturated rings. The molecule has 4 aromatic rings. The van der Waals surface area contributed by atoms with Crippen molar-refractivity contribution in [1.29, 1.82) is 0 Å². The van der Waals surface area contributed by atoms with Gasteiger partial charge >= 0.3 is 28.4 Å². The molecule has 428 valence electrons. The van der Waals surface area contributed by atoms with E-state index in [-0.39, 0.29) is 27.6 Å². The molecule has 4 aromatic carbocycles. The number of para-hydroxylation sites is 2. The predicted octanol–water partition coefficient (Wildman–Crippen LogP) is 18.1. The van der Waals surface area contributed by atoms with Gasteiger partial charge in [-0.05, 0) is 130 Å². The number of aryl methyl sites for hydroxylation is 2. The largest absolute Gasteiger partial charge is 2.00 e. The van der Waals surface area contributed by atoms with Gasteiger partial charge in [-0.1, -0.05) is 223 Å². The number of aromatic carboxylic acids is 2. The third-order valence-corrected chi connectivity index (χ3v) is 13.9. The van der Waals surface area contributed by atoms with Crippen LogP contribution >= 0.6 is 0 Å². The zero-order valence-corrected chi connectivity index (χ0v) is 48.9. The van der Waals surface area contributed by atoms with E-state index in [1.807, 2.05) is 26.0 Å². The average Bonchev–Trinajstić information content (AvgIpc) is 3.41. The zero-order chi connectivity index (χ0) is 55.8. The van der Waals surface area contributed by atoms with E-state index in [4.69, 9.17) is 20.2 Å². The molecular weight excluding hydrogens is 1010 g/mol. The number of phenolic OH excluding ortho intramolecular Hbond substituents is 2. The van der Waals surface area contributed by atoms with Crippen molar-refractivity contribution in [2.75, 3.05) is 0 Å². The molecule has 0 atom stereocenters. The van der Waals surface area contributed by atoms with Gasteiger partial charge in [0.15, 0.2) is 0 Å². The summed E-state index contributed by atoms with van der Waals surface area (Å²) >= 11 is 0. The smallest absolute Gasteiger partial charge is 0.869 e. The quantitative estimate of drug-likeness (QED) is 0.0197. The van der Waals surface area contributed by atoms with Crippen LogP contribution in [0.25, 0.3) is 0 Å². The molecule has 0 amide bonds. The van der Waals surface area contributed by atoms with E-state index >= 15 is 0 Å². The van der Waals surface area contributed by atoms with Gasteiger partial charge in [-0.15, -0.1) is 0 Å². The number of carboxylic acids is 2. The summed E-state index contributed by atoms with van der Waals surface area (Å²) < 4.78 is 0. The fraction of sp³-hybridized carbons (Fsp3) is 0.545. The van der Waals surface area contributed by atoms with Crippen molar-refractivity contribution in [3.8, 4) is 23.0 Å². The van der Waals surface area contributed by atoms with Crippen LogP contribution in [0.15, 0.2) is 94.9 Å². The summed E-state index contributed by atoms with van der Waals surface area (Å²) in [4.78, 5) is 31.9. The van der Waals surface area contributed by atoms with Crippen LogP contribution < -0.4 is 10.2 Å². The van der Waals surface area contributed by atoms with Crippen molar-refractivity contribution in [2.24, 2.45) is 9.98 Å². The molecule has 0 spiro atoms. The van der Waals surface area contributed by atoms with E-state index in [0.29, 0.717) is 24.0 Å². The summed E-state index contributed by atoms with van der Waals surface area (Å²) in [5, 5.41) is 59.4. The van der Waals surface area contributed by atoms with Crippen molar-refractivity contribution in [3.05, 3.63) is 118 Å². The van der Waals surface area contributed by atoms with Gasteiger partial charge in [0, 0.05) is 0 Å². The Hall–Kier alpha value is -5.41. The van der Waals surface area contributed by atoms with Crippen LogP contribution in [0.3, 0.4) is 0 Å². The maximum atomic E-state index is 11.4. The maximum Gasteiger partial charge on any atom is 2.00 e. The van der Waals surface area contributed by atoms with Crippen molar-refractivity contribution in [2.45, 2.75) is 234 Å². The summed E-state index contributed by atoms with van der Waals surface area (Å²) in [6.45, 7) is 11.8. The Morgan fingerprint density at radius 2 is 0.818 bits per heavy atom. The minimum atomic E-state index is -1.28. The van der Waals surface area contributed by atoms with Crippen LogP contribution in [0.4, 0.5) is 11.4 Å². The van der Waals surface area contributed by atoms with Crippen LogP contribution in [-0.4, -0.2) is 43.8 Å². The molecule has 0 aliphatic carbocycles. The Kier molecular flexibility index (Phi) is 39.4. The van der Waals surface area contributed by atoms with Crippen molar-refractivity contribution < 1.29 is 56.7 Å². The Balaban J connectivity index is 0.000000727. The summed E-state index contributed by atoms with van der Waals surface area (Å²) in [5.74, 6) is -5.12. The molecule has 77 heavy (non-hydrogen) atoms. The van der Waals surface area contributed by atoms with Crippen molar-refractivity contribution in [1.82, 2.24) is 0 Å². The standard InChI is InChI=1S/C42H66N2.2C12H16O4.Ni/c1-3-5-7-8-9-10-11-12-13-14-15-16-17-18-19-20-21-22-23-24-25-32-38-42(44-40-35-30-27-31-36-40)41(37-6-4-2)43-39-33-28-26-29-34-39;2*1-3-4-5-8-6-9(13)11(14)10(7(8)2)12(15)16;/h26-36,38H,3-25,37H2,1-2H3;2*6,13-14H,3-5H2,1-2H3,(H,15,16);/q;;;+2/p-2. The van der Waals surface area contributed by atoms with Gasteiger partial charge in [-0.25, -0.2) is 14.6 Å². The molecule has 0 aliphatic rings. The Labute approximate surface area is 474 Å². The van der Waals surface area contributed by atoms with Gasteiger partial charge in [0.05, 0.1) is 33.9 Å². The fourth-order valence-corrected chi connectivity index (χ4v) is 9.16. The molecule has 0 radical (unpaired) electrons. The van der Waals surface area contributed by atoms with Gasteiger partial charge in [0.25, 0.3) is 0 Å². The van der Waals surface area contributed by atoms with E-state index in [2.05, 4.69) is 74.5 Å². The minimum absolute atomic E-state index is 0. The van der Waals surface area contributed by atoms with E-state index in [0.717, 1.165) is 85.3 Å². The number of carboxylic acid groups (broad SMARTS) is 2. The molecule has 4 rings (SSSR count). The molecule has 0 unspecified atom stereocenters. The number of aromatic hydroxyl groups is 2. The summed E-state index contributed by atoms with van der Waals surface area (Å²) in [6, 6.07) is 23.4. The fourth-order valence-electron chi connectivity index (χ4n) is 9.16. The maximum absolute atomic E-state index is 11.4. The normalized spacial score (nSPS) is 11.4. The third-order valence-electron chi connectivity index (χ3n) is 13.9. The number of rotatable bonds is 36. The van der Waals surface area contributed by atoms with Crippen LogP contribution in [0, 0.1) is 13.8 Å². The average molecular weight is 1100 g/mol. The molecule has 10 nitrogen and oxygen atoms in total. The van der Waals surface area contributed by atoms with Crippen molar-refractivity contribution >= 4 is 34.7 Å². The van der Waals surface area contributed by atoms with Gasteiger partial charge in [-0.3, -0.25) is 4.99 Å². The number of carbonyl (C=O) groups is 2. The minimum Gasteiger partial charge on any atom is -0.869 e. The first-order valence-electron chi connectivity index (χ1n) is 29.3. The molecular formula is C66H96N2NiO8. The molecule has 0 saturated heterocycles. The monoisotopic (exact) mass is 1100 g/mol. The number of hydrogen-bond acceptors (Lipinski definition) is 8. The zero-order valence-electron chi connectivity index (χ0n) is 47.9. The topological polar surface area (TPSA) is 186 Å². The first kappa shape index (κ1) is 69.6. The third kappa shape index (κ3) is 29.2. The van der Waals surface area contributed by atoms with Crippen LogP contribution in [0.5, 0.6) is 23.0 Å². The van der Waals surface area contributed by atoms with E-state index in [1.54, 1.807) is 13.8 Å². The first-order chi connectivity index (χ1) is 36.8. The Bertz CT molecular complexity index is 2230. The number of allylic oxidation sites excluding steroid dienone is 2. The Morgan fingerprint density at radius 3 is 1.17 bits per heavy atom. The Morgan fingerprint density at radius 1 is 0.481 bits per heavy atom. The number of nitrogens with zero attached hydrogens (tertiary/aromatic N) is 2. The molecule has 0 bridgehead atoms. The van der Waals surface area contributed by atoms with Gasteiger partial charge < -0.3 is 30.6 Å². The summed E-state index contributed by atoms with van der Waals surface area (Å²) in [5.41, 5.74) is 5.84. The van der Waals surface area contributed by atoms with Crippen LogP contribution in [0.2, 0.25) is 0 Å². The molecule has 0 heterocycles. The van der Waals surface area contributed by atoms with E-state index < -0.39 is 34.9 Å². The molecule has 4 N–H and O–H groups in total. The number of benzene rings is 4. The second kappa shape index (κ2) is 43.6. The van der Waals surface area contributed by atoms with Crippen LogP contribution in [0.1, 0.15) is 250 Å².